The molecule has 0 aliphatic heterocycles. The Hall–Kier alpha value is -0.840. The Bertz CT molecular complexity index is 595. The van der Waals surface area contributed by atoms with Crippen molar-refractivity contribution in [1.29, 1.82) is 0 Å². The van der Waals surface area contributed by atoms with Gasteiger partial charge in [0, 0.05) is 27.7 Å². The van der Waals surface area contributed by atoms with Gasteiger partial charge in [-0.3, -0.25) is 4.98 Å². The highest BCUT2D eigenvalue weighted by Gasteiger charge is 2.10. The Morgan fingerprint density at radius 2 is 2.00 bits per heavy atom. The summed E-state index contributed by atoms with van der Waals surface area (Å²) in [6.07, 6.45) is 2.68. The first kappa shape index (κ1) is 14.6. The van der Waals surface area contributed by atoms with Gasteiger partial charge in [0.1, 0.15) is 18.2 Å². The Morgan fingerprint density at radius 1 is 1.21 bits per heavy atom. The van der Waals surface area contributed by atoms with E-state index in [-0.39, 0.29) is 6.61 Å². The molecule has 0 fully saturated rings. The van der Waals surface area contributed by atoms with E-state index in [9.17, 15) is 4.39 Å². The van der Waals surface area contributed by atoms with Gasteiger partial charge in [-0.25, -0.2) is 4.39 Å². The zero-order chi connectivity index (χ0) is 13.8. The summed E-state index contributed by atoms with van der Waals surface area (Å²) in [4.78, 5) is 3.76. The van der Waals surface area contributed by atoms with Crippen LogP contribution in [0.25, 0.3) is 0 Å². The van der Waals surface area contributed by atoms with Gasteiger partial charge in [0.15, 0.2) is 0 Å². The molecule has 0 atom stereocenters. The van der Waals surface area contributed by atoms with Gasteiger partial charge < -0.3 is 4.74 Å². The highest BCUT2D eigenvalue weighted by molar-refractivity contribution is 9.08. The van der Waals surface area contributed by atoms with Crippen molar-refractivity contribution < 1.29 is 9.13 Å². The monoisotopic (exact) mass is 363 g/mol. The largest absolute Gasteiger partial charge is 0.487 e. The van der Waals surface area contributed by atoms with E-state index in [0.29, 0.717) is 26.7 Å². The van der Waals surface area contributed by atoms with Crippen LogP contribution in [0.15, 0.2) is 30.6 Å². The number of rotatable bonds is 4. The van der Waals surface area contributed by atoms with E-state index in [1.165, 1.54) is 6.07 Å². The molecule has 2 nitrogen and oxygen atoms in total. The summed E-state index contributed by atoms with van der Waals surface area (Å²) >= 11 is 15.4. The molecule has 0 saturated carbocycles. The summed E-state index contributed by atoms with van der Waals surface area (Å²) < 4.78 is 18.6. The Balaban J connectivity index is 2.19. The summed E-state index contributed by atoms with van der Waals surface area (Å²) in [7, 11) is 0. The molecule has 1 aromatic carbocycles. The van der Waals surface area contributed by atoms with Crippen molar-refractivity contribution in [3.05, 3.63) is 57.6 Å². The number of ether oxygens (including phenoxy) is 1. The number of alkyl halides is 1. The predicted octanol–water partition coefficient (Wildman–Crippen LogP) is 5.00. The lowest BCUT2D eigenvalue weighted by Crippen LogP contribution is -2.00. The molecule has 1 heterocycles. The van der Waals surface area contributed by atoms with Gasteiger partial charge in [-0.15, -0.1) is 0 Å². The van der Waals surface area contributed by atoms with Crippen LogP contribution in [0.4, 0.5) is 4.39 Å². The summed E-state index contributed by atoms with van der Waals surface area (Å²) in [6.45, 7) is 0.187. The normalized spacial score (nSPS) is 10.5. The van der Waals surface area contributed by atoms with Crippen LogP contribution in [0.1, 0.15) is 11.1 Å². The Labute approximate surface area is 128 Å². The van der Waals surface area contributed by atoms with Gasteiger partial charge in [-0.1, -0.05) is 39.1 Å². The number of halogens is 4. The van der Waals surface area contributed by atoms with Crippen LogP contribution in [-0.4, -0.2) is 4.98 Å². The molecule has 2 aromatic rings. The van der Waals surface area contributed by atoms with Crippen LogP contribution in [0.3, 0.4) is 0 Å². The SMILES string of the molecule is Fc1cncc(COc2c(Cl)cc(Cl)cc2CBr)c1. The van der Waals surface area contributed by atoms with Crippen LogP contribution in [0.5, 0.6) is 5.75 Å². The van der Waals surface area contributed by atoms with E-state index in [4.69, 9.17) is 27.9 Å². The van der Waals surface area contributed by atoms with Gasteiger partial charge in [-0.05, 0) is 18.2 Å². The van der Waals surface area contributed by atoms with Crippen molar-refractivity contribution in [2.75, 3.05) is 0 Å². The third-order valence-electron chi connectivity index (χ3n) is 2.37. The zero-order valence-corrected chi connectivity index (χ0v) is 12.8. The molecule has 0 saturated heterocycles. The Kier molecular flexibility index (Phi) is 5.02. The van der Waals surface area contributed by atoms with Crippen LogP contribution in [0, 0.1) is 5.82 Å². The average molecular weight is 365 g/mol. The maximum Gasteiger partial charge on any atom is 0.142 e. The number of pyridine rings is 1. The van der Waals surface area contributed by atoms with Crippen LogP contribution >= 0.6 is 39.1 Å². The van der Waals surface area contributed by atoms with Crippen LogP contribution in [0.2, 0.25) is 10.0 Å². The number of aromatic nitrogens is 1. The maximum absolute atomic E-state index is 13.0. The molecular weight excluding hydrogens is 356 g/mol. The van der Waals surface area contributed by atoms with Gasteiger partial charge in [0.25, 0.3) is 0 Å². The first-order valence-electron chi connectivity index (χ1n) is 5.36. The molecule has 0 amide bonds. The van der Waals surface area contributed by atoms with E-state index in [1.54, 1.807) is 18.3 Å². The minimum atomic E-state index is -0.399. The van der Waals surface area contributed by atoms with E-state index in [1.807, 2.05) is 0 Å². The quantitative estimate of drug-likeness (QED) is 0.712. The van der Waals surface area contributed by atoms with Crippen molar-refractivity contribution >= 4 is 39.1 Å². The maximum atomic E-state index is 13.0. The molecule has 0 radical (unpaired) electrons. The summed E-state index contributed by atoms with van der Waals surface area (Å²) in [6, 6.07) is 4.74. The van der Waals surface area contributed by atoms with Gasteiger partial charge in [-0.2, -0.15) is 0 Å². The number of hydrogen-bond acceptors (Lipinski definition) is 2. The molecule has 1 aromatic heterocycles. The molecule has 0 N–H and O–H groups in total. The molecule has 100 valence electrons. The highest BCUT2D eigenvalue weighted by Crippen LogP contribution is 2.34. The van der Waals surface area contributed by atoms with Crippen LogP contribution in [-0.2, 0) is 11.9 Å². The summed E-state index contributed by atoms with van der Waals surface area (Å²) in [5.41, 5.74) is 1.47. The molecule has 0 unspecified atom stereocenters. The fraction of sp³-hybridized carbons (Fsp3) is 0.154. The standard InChI is InChI=1S/C13H9BrCl2FNO/c14-4-9-2-10(15)3-12(16)13(9)19-7-8-1-11(17)6-18-5-8/h1-3,5-6H,4,7H2. The molecule has 2 rings (SSSR count). The zero-order valence-electron chi connectivity index (χ0n) is 9.67. The van der Waals surface area contributed by atoms with Crippen molar-refractivity contribution in [1.82, 2.24) is 4.98 Å². The molecule has 19 heavy (non-hydrogen) atoms. The number of benzene rings is 1. The lowest BCUT2D eigenvalue weighted by atomic mass is 10.2. The Morgan fingerprint density at radius 3 is 2.68 bits per heavy atom. The lowest BCUT2D eigenvalue weighted by Gasteiger charge is -2.12. The van der Waals surface area contributed by atoms with Crippen molar-refractivity contribution in [2.24, 2.45) is 0 Å². The second-order valence-electron chi connectivity index (χ2n) is 3.81. The summed E-state index contributed by atoms with van der Waals surface area (Å²) in [5.74, 6) is 0.135. The van der Waals surface area contributed by atoms with E-state index in [0.717, 1.165) is 11.8 Å². The third-order valence-corrected chi connectivity index (χ3v) is 3.48. The predicted molar refractivity (Wildman–Crippen MR) is 77.6 cm³/mol. The average Bonchev–Trinajstić information content (AvgIpc) is 2.37. The van der Waals surface area contributed by atoms with Gasteiger partial charge in [0.2, 0.25) is 0 Å². The van der Waals surface area contributed by atoms with Gasteiger partial charge >= 0.3 is 0 Å². The van der Waals surface area contributed by atoms with Gasteiger partial charge in [0.05, 0.1) is 11.2 Å². The first-order chi connectivity index (χ1) is 9.10. The summed E-state index contributed by atoms with van der Waals surface area (Å²) in [5, 5.41) is 1.52. The second kappa shape index (κ2) is 6.55. The highest BCUT2D eigenvalue weighted by atomic mass is 79.9. The van der Waals surface area contributed by atoms with Crippen molar-refractivity contribution in [3.63, 3.8) is 0 Å². The minimum absolute atomic E-state index is 0.187. The van der Waals surface area contributed by atoms with E-state index >= 15 is 0 Å². The topological polar surface area (TPSA) is 22.1 Å². The van der Waals surface area contributed by atoms with Crippen molar-refractivity contribution in [2.45, 2.75) is 11.9 Å². The van der Waals surface area contributed by atoms with Crippen LogP contribution < -0.4 is 4.74 Å². The molecule has 0 aliphatic carbocycles. The molecule has 0 bridgehead atoms. The fourth-order valence-corrected chi connectivity index (χ4v) is 2.57. The van der Waals surface area contributed by atoms with Crippen molar-refractivity contribution in [3.8, 4) is 5.75 Å². The second-order valence-corrected chi connectivity index (χ2v) is 5.21. The minimum Gasteiger partial charge on any atom is -0.487 e. The molecule has 6 heteroatoms. The molecular formula is C13H9BrCl2FNO. The number of hydrogen-bond donors (Lipinski definition) is 0. The third kappa shape index (κ3) is 3.81. The van der Waals surface area contributed by atoms with E-state index < -0.39 is 5.82 Å². The fourth-order valence-electron chi connectivity index (χ4n) is 1.56. The number of nitrogens with zero attached hydrogens (tertiary/aromatic N) is 1. The first-order valence-corrected chi connectivity index (χ1v) is 7.24. The smallest absolute Gasteiger partial charge is 0.142 e. The molecule has 0 aliphatic rings. The lowest BCUT2D eigenvalue weighted by molar-refractivity contribution is 0.303. The molecule has 0 spiro atoms. The van der Waals surface area contributed by atoms with E-state index in [2.05, 4.69) is 20.9 Å².